The highest BCUT2D eigenvalue weighted by Gasteiger charge is 2.24. The number of halogens is 1. The summed E-state index contributed by atoms with van der Waals surface area (Å²) in [7, 11) is 0. The van der Waals surface area contributed by atoms with Gasteiger partial charge in [0.25, 0.3) is 0 Å². The normalized spacial score (nSPS) is 18.1. The Morgan fingerprint density at radius 3 is 2.47 bits per heavy atom. The SMILES string of the molecule is CCCC(C#N)N1CCN(c2ncc(I)cn2)CC1. The van der Waals surface area contributed by atoms with Crippen molar-refractivity contribution in [3.05, 3.63) is 16.0 Å². The largest absolute Gasteiger partial charge is 0.338 e. The molecule has 19 heavy (non-hydrogen) atoms. The monoisotopic (exact) mass is 371 g/mol. The molecule has 1 aliphatic rings. The van der Waals surface area contributed by atoms with Crippen molar-refractivity contribution in [2.75, 3.05) is 31.1 Å². The molecule has 0 saturated carbocycles. The molecule has 6 heteroatoms. The maximum Gasteiger partial charge on any atom is 0.225 e. The van der Waals surface area contributed by atoms with Gasteiger partial charge < -0.3 is 4.90 Å². The van der Waals surface area contributed by atoms with Crippen LogP contribution >= 0.6 is 22.6 Å². The second-order valence-corrected chi connectivity index (χ2v) is 5.90. The molecule has 1 atom stereocenters. The number of anilines is 1. The number of nitriles is 1. The fourth-order valence-electron chi connectivity index (χ4n) is 2.30. The molecule has 1 unspecified atom stereocenters. The van der Waals surface area contributed by atoms with Gasteiger partial charge in [0.1, 0.15) is 0 Å². The van der Waals surface area contributed by atoms with E-state index in [0.29, 0.717) is 0 Å². The van der Waals surface area contributed by atoms with Gasteiger partial charge in [-0.3, -0.25) is 4.90 Å². The molecule has 1 aliphatic heterocycles. The predicted molar refractivity (Wildman–Crippen MR) is 82.8 cm³/mol. The standard InChI is InChI=1S/C13H18IN5/c1-2-3-12(8-15)18-4-6-19(7-5-18)13-16-9-11(14)10-17-13/h9-10,12H,2-7H2,1H3. The van der Waals surface area contributed by atoms with Gasteiger partial charge in [-0.15, -0.1) is 0 Å². The minimum absolute atomic E-state index is 0.0600. The zero-order chi connectivity index (χ0) is 13.7. The Kier molecular flexibility index (Phi) is 5.34. The van der Waals surface area contributed by atoms with Gasteiger partial charge in [0, 0.05) is 42.1 Å². The van der Waals surface area contributed by atoms with Crippen LogP contribution in [0.2, 0.25) is 0 Å². The van der Waals surface area contributed by atoms with Crippen molar-refractivity contribution in [1.82, 2.24) is 14.9 Å². The molecule has 2 heterocycles. The smallest absolute Gasteiger partial charge is 0.225 e. The maximum absolute atomic E-state index is 9.19. The number of piperazine rings is 1. The first-order valence-corrected chi connectivity index (χ1v) is 7.68. The lowest BCUT2D eigenvalue weighted by Crippen LogP contribution is -2.50. The highest BCUT2D eigenvalue weighted by Crippen LogP contribution is 2.14. The second kappa shape index (κ2) is 7.01. The van der Waals surface area contributed by atoms with Gasteiger partial charge in [0.15, 0.2) is 0 Å². The van der Waals surface area contributed by atoms with Crippen LogP contribution in [0.15, 0.2) is 12.4 Å². The maximum atomic E-state index is 9.19. The Hall–Kier alpha value is -0.940. The van der Waals surface area contributed by atoms with E-state index in [-0.39, 0.29) is 6.04 Å². The lowest BCUT2D eigenvalue weighted by molar-refractivity contribution is 0.210. The summed E-state index contributed by atoms with van der Waals surface area (Å²) in [5, 5.41) is 9.19. The van der Waals surface area contributed by atoms with Crippen LogP contribution in [0.4, 0.5) is 5.95 Å². The highest BCUT2D eigenvalue weighted by molar-refractivity contribution is 14.1. The van der Waals surface area contributed by atoms with Crippen molar-refractivity contribution < 1.29 is 0 Å². The lowest BCUT2D eigenvalue weighted by Gasteiger charge is -2.36. The Balaban J connectivity index is 1.92. The van der Waals surface area contributed by atoms with Gasteiger partial charge in [-0.25, -0.2) is 9.97 Å². The lowest BCUT2D eigenvalue weighted by atomic mass is 10.1. The molecule has 0 aromatic carbocycles. The van der Waals surface area contributed by atoms with Crippen LogP contribution in [0.25, 0.3) is 0 Å². The zero-order valence-corrected chi connectivity index (χ0v) is 13.2. The summed E-state index contributed by atoms with van der Waals surface area (Å²) in [5.74, 6) is 0.795. The third-order valence-corrected chi connectivity index (χ3v) is 3.91. The molecule has 0 amide bonds. The van der Waals surface area contributed by atoms with Crippen LogP contribution in [-0.4, -0.2) is 47.1 Å². The van der Waals surface area contributed by atoms with Crippen LogP contribution in [0, 0.1) is 14.9 Å². The molecule has 0 N–H and O–H groups in total. The minimum atomic E-state index is 0.0600. The molecule has 1 fully saturated rings. The summed E-state index contributed by atoms with van der Waals surface area (Å²) >= 11 is 2.21. The summed E-state index contributed by atoms with van der Waals surface area (Å²) < 4.78 is 1.05. The molecule has 1 aromatic rings. The molecule has 5 nitrogen and oxygen atoms in total. The van der Waals surface area contributed by atoms with Gasteiger partial charge in [0.2, 0.25) is 5.95 Å². The molecule has 0 spiro atoms. The third kappa shape index (κ3) is 3.76. The number of hydrogen-bond acceptors (Lipinski definition) is 5. The quantitative estimate of drug-likeness (QED) is 0.757. The molecular weight excluding hydrogens is 353 g/mol. The predicted octanol–water partition coefficient (Wildman–Crippen LogP) is 1.90. The molecule has 0 bridgehead atoms. The molecule has 1 aromatic heterocycles. The molecule has 1 saturated heterocycles. The topological polar surface area (TPSA) is 56.1 Å². The van der Waals surface area contributed by atoms with Crippen LogP contribution in [0.1, 0.15) is 19.8 Å². The van der Waals surface area contributed by atoms with Crippen LogP contribution in [0.5, 0.6) is 0 Å². The average molecular weight is 371 g/mol. The van der Waals surface area contributed by atoms with E-state index in [0.717, 1.165) is 48.5 Å². The summed E-state index contributed by atoms with van der Waals surface area (Å²) in [4.78, 5) is 13.2. The summed E-state index contributed by atoms with van der Waals surface area (Å²) in [6.07, 6.45) is 5.68. The van der Waals surface area contributed by atoms with Gasteiger partial charge in [-0.1, -0.05) is 13.3 Å². The van der Waals surface area contributed by atoms with Gasteiger partial charge in [0.05, 0.1) is 12.1 Å². The van der Waals surface area contributed by atoms with E-state index in [4.69, 9.17) is 0 Å². The van der Waals surface area contributed by atoms with Crippen LogP contribution in [0.3, 0.4) is 0 Å². The van der Waals surface area contributed by atoms with Crippen molar-refractivity contribution in [3.8, 4) is 6.07 Å². The summed E-state index contributed by atoms with van der Waals surface area (Å²) in [6, 6.07) is 2.47. The van der Waals surface area contributed by atoms with E-state index in [9.17, 15) is 5.26 Å². The van der Waals surface area contributed by atoms with E-state index in [1.165, 1.54) is 0 Å². The van der Waals surface area contributed by atoms with E-state index < -0.39 is 0 Å². The Morgan fingerprint density at radius 2 is 1.95 bits per heavy atom. The molecule has 0 aliphatic carbocycles. The number of rotatable bonds is 4. The number of hydrogen-bond donors (Lipinski definition) is 0. The molecule has 102 valence electrons. The fraction of sp³-hybridized carbons (Fsp3) is 0.615. The number of aromatic nitrogens is 2. The Morgan fingerprint density at radius 1 is 1.32 bits per heavy atom. The van der Waals surface area contributed by atoms with E-state index in [1.54, 1.807) is 0 Å². The van der Waals surface area contributed by atoms with Crippen molar-refractivity contribution in [2.24, 2.45) is 0 Å². The van der Waals surface area contributed by atoms with E-state index >= 15 is 0 Å². The van der Waals surface area contributed by atoms with Crippen molar-refractivity contribution in [1.29, 1.82) is 5.26 Å². The minimum Gasteiger partial charge on any atom is -0.338 e. The Bertz CT molecular complexity index is 433. The number of nitrogens with zero attached hydrogens (tertiary/aromatic N) is 5. The zero-order valence-electron chi connectivity index (χ0n) is 11.1. The molecule has 2 rings (SSSR count). The molecular formula is C13H18IN5. The van der Waals surface area contributed by atoms with Crippen molar-refractivity contribution >= 4 is 28.5 Å². The van der Waals surface area contributed by atoms with Crippen molar-refractivity contribution in [2.45, 2.75) is 25.8 Å². The van der Waals surface area contributed by atoms with Gasteiger partial charge >= 0.3 is 0 Å². The Labute approximate surface area is 127 Å². The van der Waals surface area contributed by atoms with Gasteiger partial charge in [-0.05, 0) is 29.0 Å². The average Bonchev–Trinajstić information content (AvgIpc) is 2.46. The van der Waals surface area contributed by atoms with Crippen LogP contribution in [-0.2, 0) is 0 Å². The fourth-order valence-corrected chi connectivity index (χ4v) is 2.58. The van der Waals surface area contributed by atoms with Crippen LogP contribution < -0.4 is 4.90 Å². The summed E-state index contributed by atoms with van der Waals surface area (Å²) in [5.41, 5.74) is 0. The first-order chi connectivity index (χ1) is 9.24. The van der Waals surface area contributed by atoms with E-state index in [1.807, 2.05) is 12.4 Å². The third-order valence-electron chi connectivity index (χ3n) is 3.36. The van der Waals surface area contributed by atoms with Gasteiger partial charge in [-0.2, -0.15) is 5.26 Å². The highest BCUT2D eigenvalue weighted by atomic mass is 127. The van der Waals surface area contributed by atoms with Crippen molar-refractivity contribution in [3.63, 3.8) is 0 Å². The van der Waals surface area contributed by atoms with E-state index in [2.05, 4.69) is 55.4 Å². The summed E-state index contributed by atoms with van der Waals surface area (Å²) in [6.45, 7) is 5.73. The first-order valence-electron chi connectivity index (χ1n) is 6.60. The second-order valence-electron chi connectivity index (χ2n) is 4.66. The molecule has 0 radical (unpaired) electrons. The first kappa shape index (κ1) is 14.5.